The van der Waals surface area contributed by atoms with Crippen molar-refractivity contribution in [1.82, 2.24) is 4.31 Å². The summed E-state index contributed by atoms with van der Waals surface area (Å²) in [5.74, 6) is 0.403. The van der Waals surface area contributed by atoms with Crippen LogP contribution in [0.25, 0.3) is 0 Å². The normalized spacial score (nSPS) is 19.8. The van der Waals surface area contributed by atoms with Crippen LogP contribution < -0.4 is 9.64 Å². The van der Waals surface area contributed by atoms with Gasteiger partial charge < -0.3 is 9.64 Å². The Kier molecular flexibility index (Phi) is 4.44. The summed E-state index contributed by atoms with van der Waals surface area (Å²) in [6, 6.07) is 12.7. The van der Waals surface area contributed by atoms with Gasteiger partial charge in [-0.05, 0) is 42.7 Å². The second-order valence-corrected chi connectivity index (χ2v) is 8.98. The van der Waals surface area contributed by atoms with Gasteiger partial charge in [-0.1, -0.05) is 24.3 Å². The first-order valence-electron chi connectivity index (χ1n) is 9.02. The fourth-order valence-electron chi connectivity index (χ4n) is 3.70. The van der Waals surface area contributed by atoms with Crippen molar-refractivity contribution >= 4 is 21.6 Å². The monoisotopic (exact) mass is 386 g/mol. The van der Waals surface area contributed by atoms with E-state index in [0.717, 1.165) is 5.56 Å². The van der Waals surface area contributed by atoms with Crippen LogP contribution in [0.1, 0.15) is 25.0 Å². The first-order valence-corrected chi connectivity index (χ1v) is 10.5. The molecular formula is C20H22N2O4S. The van der Waals surface area contributed by atoms with Crippen LogP contribution in [0.4, 0.5) is 5.69 Å². The van der Waals surface area contributed by atoms with Crippen LogP contribution in [-0.2, 0) is 27.8 Å². The van der Waals surface area contributed by atoms with Gasteiger partial charge in [0.25, 0.3) is 0 Å². The van der Waals surface area contributed by atoms with Crippen molar-refractivity contribution in [3.8, 4) is 5.75 Å². The maximum Gasteiger partial charge on any atom is 0.243 e. The Labute approximate surface area is 159 Å². The Morgan fingerprint density at radius 2 is 1.89 bits per heavy atom. The van der Waals surface area contributed by atoms with Gasteiger partial charge in [-0.2, -0.15) is 4.31 Å². The van der Waals surface area contributed by atoms with Gasteiger partial charge in [0.1, 0.15) is 11.9 Å². The van der Waals surface area contributed by atoms with Crippen molar-refractivity contribution in [2.45, 2.75) is 37.8 Å². The molecule has 2 aromatic rings. The van der Waals surface area contributed by atoms with E-state index >= 15 is 0 Å². The van der Waals surface area contributed by atoms with Crippen LogP contribution in [0.15, 0.2) is 47.4 Å². The van der Waals surface area contributed by atoms with Crippen LogP contribution in [0, 0.1) is 0 Å². The minimum absolute atomic E-state index is 0.132. The molecule has 0 saturated carbocycles. The number of hydrogen-bond acceptors (Lipinski definition) is 4. The molecule has 2 heterocycles. The van der Waals surface area contributed by atoms with Gasteiger partial charge in [-0.3, -0.25) is 4.79 Å². The first-order chi connectivity index (χ1) is 12.9. The molecule has 0 bridgehead atoms. The molecule has 1 atom stereocenters. The Hall–Kier alpha value is -2.38. The molecule has 0 aromatic heterocycles. The number of hydrogen-bond donors (Lipinski definition) is 0. The Balaban J connectivity index is 1.69. The number of amides is 1. The lowest BCUT2D eigenvalue weighted by Crippen LogP contribution is -2.41. The number of anilines is 1. The standard InChI is InChI=1S/C20H22N2O4S/c1-14-12-22(15(2)23)19-11-18(7-8-20(19)26-14)27(24,25)21-10-9-16-5-3-4-6-17(16)13-21/h3-8,11,14H,9-10,12-13H2,1-2H3. The van der Waals surface area contributed by atoms with Gasteiger partial charge >= 0.3 is 0 Å². The topological polar surface area (TPSA) is 66.9 Å². The second kappa shape index (κ2) is 6.65. The molecule has 4 rings (SSSR count). The van der Waals surface area contributed by atoms with Gasteiger partial charge in [0.2, 0.25) is 15.9 Å². The number of rotatable bonds is 2. The summed E-state index contributed by atoms with van der Waals surface area (Å²) < 4.78 is 33.7. The largest absolute Gasteiger partial charge is 0.487 e. The molecule has 0 saturated heterocycles. The summed E-state index contributed by atoms with van der Waals surface area (Å²) >= 11 is 0. The van der Waals surface area contributed by atoms with E-state index in [1.54, 1.807) is 23.1 Å². The van der Waals surface area contributed by atoms with E-state index in [4.69, 9.17) is 4.74 Å². The minimum atomic E-state index is -3.66. The number of carbonyl (C=O) groups is 1. The molecule has 0 radical (unpaired) electrons. The number of sulfonamides is 1. The van der Waals surface area contributed by atoms with E-state index in [9.17, 15) is 13.2 Å². The minimum Gasteiger partial charge on any atom is -0.487 e. The summed E-state index contributed by atoms with van der Waals surface area (Å²) in [5.41, 5.74) is 2.74. The van der Waals surface area contributed by atoms with Crippen molar-refractivity contribution in [3.05, 3.63) is 53.6 Å². The zero-order valence-corrected chi connectivity index (χ0v) is 16.2. The molecule has 2 aliphatic heterocycles. The van der Waals surface area contributed by atoms with Crippen LogP contribution in [-0.4, -0.2) is 37.8 Å². The van der Waals surface area contributed by atoms with E-state index < -0.39 is 10.0 Å². The molecular weight excluding hydrogens is 364 g/mol. The number of benzene rings is 2. The SMILES string of the molecule is CC(=O)N1CC(C)Oc2ccc(S(=O)(=O)N3CCc4ccccc4C3)cc21. The quantitative estimate of drug-likeness (QED) is 0.796. The van der Waals surface area contributed by atoms with Gasteiger partial charge in [0.15, 0.2) is 0 Å². The molecule has 0 N–H and O–H groups in total. The lowest BCUT2D eigenvalue weighted by Gasteiger charge is -2.33. The molecule has 2 aromatic carbocycles. The lowest BCUT2D eigenvalue weighted by atomic mass is 10.0. The number of ether oxygens (including phenoxy) is 1. The van der Waals surface area contributed by atoms with Crippen LogP contribution in [0.2, 0.25) is 0 Å². The average molecular weight is 386 g/mol. The molecule has 2 aliphatic rings. The van der Waals surface area contributed by atoms with E-state index in [1.165, 1.54) is 16.8 Å². The summed E-state index contributed by atoms with van der Waals surface area (Å²) in [6.45, 7) is 4.57. The Morgan fingerprint density at radius 3 is 2.63 bits per heavy atom. The zero-order valence-electron chi connectivity index (χ0n) is 15.4. The molecule has 7 heteroatoms. The Morgan fingerprint density at radius 1 is 1.15 bits per heavy atom. The van der Waals surface area contributed by atoms with E-state index in [1.807, 2.05) is 31.2 Å². The average Bonchev–Trinajstić information content (AvgIpc) is 2.66. The highest BCUT2D eigenvalue weighted by atomic mass is 32.2. The fraction of sp³-hybridized carbons (Fsp3) is 0.350. The van der Waals surface area contributed by atoms with Crippen molar-refractivity contribution in [2.75, 3.05) is 18.0 Å². The number of fused-ring (bicyclic) bond motifs is 2. The molecule has 6 nitrogen and oxygen atoms in total. The van der Waals surface area contributed by atoms with E-state index in [-0.39, 0.29) is 16.9 Å². The first kappa shape index (κ1) is 18.0. The molecule has 1 amide bonds. The maximum absolute atomic E-state index is 13.2. The molecule has 27 heavy (non-hydrogen) atoms. The molecule has 0 spiro atoms. The summed E-state index contributed by atoms with van der Waals surface area (Å²) in [4.78, 5) is 13.8. The highest BCUT2D eigenvalue weighted by molar-refractivity contribution is 7.89. The van der Waals surface area contributed by atoms with Crippen LogP contribution in [0.3, 0.4) is 0 Å². The number of nitrogens with zero attached hydrogens (tertiary/aromatic N) is 2. The predicted molar refractivity (Wildman–Crippen MR) is 102 cm³/mol. The third kappa shape index (κ3) is 3.21. The third-order valence-corrected chi connectivity index (χ3v) is 6.94. The second-order valence-electron chi connectivity index (χ2n) is 7.04. The van der Waals surface area contributed by atoms with E-state index in [2.05, 4.69) is 0 Å². The van der Waals surface area contributed by atoms with Crippen LogP contribution >= 0.6 is 0 Å². The lowest BCUT2D eigenvalue weighted by molar-refractivity contribution is -0.117. The summed E-state index contributed by atoms with van der Waals surface area (Å²) in [7, 11) is -3.66. The highest BCUT2D eigenvalue weighted by Crippen LogP contribution is 2.36. The third-order valence-electron chi connectivity index (χ3n) is 5.10. The van der Waals surface area contributed by atoms with Crippen molar-refractivity contribution in [2.24, 2.45) is 0 Å². The Bertz CT molecular complexity index is 1000. The smallest absolute Gasteiger partial charge is 0.243 e. The predicted octanol–water partition coefficient (Wildman–Crippen LogP) is 2.57. The van der Waals surface area contributed by atoms with Gasteiger partial charge in [0, 0.05) is 20.0 Å². The molecule has 1 unspecified atom stereocenters. The van der Waals surface area contributed by atoms with Gasteiger partial charge in [0.05, 0.1) is 17.1 Å². The highest BCUT2D eigenvalue weighted by Gasteiger charge is 2.31. The van der Waals surface area contributed by atoms with E-state index in [0.29, 0.717) is 37.5 Å². The van der Waals surface area contributed by atoms with Crippen molar-refractivity contribution < 1.29 is 17.9 Å². The van der Waals surface area contributed by atoms with Crippen molar-refractivity contribution in [1.29, 1.82) is 0 Å². The maximum atomic E-state index is 13.2. The van der Waals surface area contributed by atoms with Gasteiger partial charge in [-0.25, -0.2) is 8.42 Å². The van der Waals surface area contributed by atoms with Crippen molar-refractivity contribution in [3.63, 3.8) is 0 Å². The molecule has 0 aliphatic carbocycles. The molecule has 142 valence electrons. The number of carbonyl (C=O) groups excluding carboxylic acids is 1. The fourth-order valence-corrected chi connectivity index (χ4v) is 5.14. The van der Waals surface area contributed by atoms with Crippen LogP contribution in [0.5, 0.6) is 5.75 Å². The van der Waals surface area contributed by atoms with Gasteiger partial charge in [-0.15, -0.1) is 0 Å². The summed E-state index contributed by atoms with van der Waals surface area (Å²) in [6.07, 6.45) is 0.558. The molecule has 0 fully saturated rings. The zero-order chi connectivity index (χ0) is 19.2. The summed E-state index contributed by atoms with van der Waals surface area (Å²) in [5, 5.41) is 0.